The van der Waals surface area contributed by atoms with Crippen molar-refractivity contribution in [3.05, 3.63) is 52.2 Å². The van der Waals surface area contributed by atoms with Crippen LogP contribution in [-0.4, -0.2) is 36.0 Å². The Bertz CT molecular complexity index is 788. The first-order chi connectivity index (χ1) is 12.1. The van der Waals surface area contributed by atoms with E-state index >= 15 is 0 Å². The number of anilines is 1. The fourth-order valence-electron chi connectivity index (χ4n) is 2.93. The number of hydrogen-bond donors (Lipinski definition) is 2. The quantitative estimate of drug-likeness (QED) is 0.777. The predicted molar refractivity (Wildman–Crippen MR) is 95.1 cm³/mol. The van der Waals surface area contributed by atoms with Gasteiger partial charge in [-0.2, -0.15) is 11.3 Å². The molecule has 1 aliphatic heterocycles. The fourth-order valence-corrected chi connectivity index (χ4v) is 3.56. The van der Waals surface area contributed by atoms with Gasteiger partial charge in [0.1, 0.15) is 5.92 Å². The van der Waals surface area contributed by atoms with Crippen molar-refractivity contribution < 1.29 is 19.5 Å². The van der Waals surface area contributed by atoms with Crippen LogP contribution < -0.4 is 10.2 Å². The van der Waals surface area contributed by atoms with Gasteiger partial charge in [0.15, 0.2) is 0 Å². The number of thiophene rings is 1. The van der Waals surface area contributed by atoms with E-state index < -0.39 is 11.9 Å². The summed E-state index contributed by atoms with van der Waals surface area (Å²) in [5.74, 6) is -1.88. The van der Waals surface area contributed by atoms with Crippen LogP contribution >= 0.6 is 11.3 Å². The zero-order chi connectivity index (χ0) is 17.8. The number of carbonyl (C=O) groups is 3. The molecular weight excluding hydrogens is 340 g/mol. The van der Waals surface area contributed by atoms with Crippen molar-refractivity contribution in [3.8, 4) is 0 Å². The van der Waals surface area contributed by atoms with Gasteiger partial charge in [0.2, 0.25) is 5.91 Å². The van der Waals surface area contributed by atoms with Crippen molar-refractivity contribution >= 4 is 34.8 Å². The smallest absolute Gasteiger partial charge is 0.312 e. The van der Waals surface area contributed by atoms with E-state index in [4.69, 9.17) is 0 Å². The molecule has 7 heteroatoms. The lowest BCUT2D eigenvalue weighted by Crippen LogP contribution is -2.32. The highest BCUT2D eigenvalue weighted by Crippen LogP contribution is 2.36. The lowest BCUT2D eigenvalue weighted by molar-refractivity contribution is -0.138. The number of amides is 2. The molecule has 1 aliphatic rings. The second-order valence-corrected chi connectivity index (χ2v) is 6.61. The fraction of sp³-hybridized carbons (Fsp3) is 0.278. The standard InChI is InChI=1S/C18H18N2O4S/c21-16(6-3-8-19-17(22)12-7-9-25-11-12)20-10-14(18(23)24)13-4-1-2-5-15(13)20/h1-2,4-5,7,9,11,14H,3,6,8,10H2,(H,19,22)(H,23,24). The average molecular weight is 358 g/mol. The van der Waals surface area contributed by atoms with Crippen LogP contribution in [0.4, 0.5) is 5.69 Å². The number of fused-ring (bicyclic) bond motifs is 1. The molecule has 6 nitrogen and oxygen atoms in total. The summed E-state index contributed by atoms with van der Waals surface area (Å²) in [4.78, 5) is 37.2. The number of carboxylic acids is 1. The SMILES string of the molecule is O=C(NCCCC(=O)N1CC(C(=O)O)c2ccccc21)c1ccsc1. The summed E-state index contributed by atoms with van der Waals surface area (Å²) >= 11 is 1.46. The van der Waals surface area contributed by atoms with Gasteiger partial charge in [-0.05, 0) is 29.5 Å². The summed E-state index contributed by atoms with van der Waals surface area (Å²) in [6, 6.07) is 8.85. The van der Waals surface area contributed by atoms with Gasteiger partial charge >= 0.3 is 5.97 Å². The molecule has 1 unspecified atom stereocenters. The molecule has 1 atom stereocenters. The molecule has 2 N–H and O–H groups in total. The summed E-state index contributed by atoms with van der Waals surface area (Å²) < 4.78 is 0. The van der Waals surface area contributed by atoms with Crippen molar-refractivity contribution in [3.63, 3.8) is 0 Å². The van der Waals surface area contributed by atoms with E-state index in [0.29, 0.717) is 29.8 Å². The average Bonchev–Trinajstić information content (AvgIpc) is 3.26. The molecule has 3 rings (SSSR count). The number of rotatable bonds is 6. The van der Waals surface area contributed by atoms with Crippen molar-refractivity contribution in [1.29, 1.82) is 0 Å². The summed E-state index contributed by atoms with van der Waals surface area (Å²) in [5, 5.41) is 15.7. The highest BCUT2D eigenvalue weighted by atomic mass is 32.1. The molecule has 1 aromatic heterocycles. The van der Waals surface area contributed by atoms with E-state index in [0.717, 1.165) is 0 Å². The normalized spacial score (nSPS) is 15.7. The Morgan fingerprint density at radius 2 is 2.04 bits per heavy atom. The van der Waals surface area contributed by atoms with Gasteiger partial charge in [-0.1, -0.05) is 18.2 Å². The van der Waals surface area contributed by atoms with E-state index in [9.17, 15) is 19.5 Å². The molecule has 0 saturated heterocycles. The minimum atomic E-state index is -0.925. The third-order valence-electron chi connectivity index (χ3n) is 4.20. The first kappa shape index (κ1) is 17.2. The Kier molecular flexibility index (Phi) is 5.14. The Labute approximate surface area is 149 Å². The van der Waals surface area contributed by atoms with Crippen LogP contribution in [0.25, 0.3) is 0 Å². The maximum Gasteiger partial charge on any atom is 0.312 e. The number of nitrogens with zero attached hydrogens (tertiary/aromatic N) is 1. The highest BCUT2D eigenvalue weighted by Gasteiger charge is 2.35. The third kappa shape index (κ3) is 3.71. The molecule has 2 heterocycles. The Morgan fingerprint density at radius 1 is 1.24 bits per heavy atom. The highest BCUT2D eigenvalue weighted by molar-refractivity contribution is 7.08. The van der Waals surface area contributed by atoms with Crippen molar-refractivity contribution in [2.45, 2.75) is 18.8 Å². The van der Waals surface area contributed by atoms with E-state index in [1.807, 2.05) is 5.38 Å². The van der Waals surface area contributed by atoms with Gasteiger partial charge in [-0.25, -0.2) is 0 Å². The lowest BCUT2D eigenvalue weighted by atomic mass is 10.0. The molecule has 2 aromatic rings. The molecule has 0 aliphatic carbocycles. The van der Waals surface area contributed by atoms with Gasteiger partial charge in [0.05, 0.1) is 0 Å². The lowest BCUT2D eigenvalue weighted by Gasteiger charge is -2.17. The molecule has 25 heavy (non-hydrogen) atoms. The molecule has 0 fully saturated rings. The first-order valence-electron chi connectivity index (χ1n) is 8.00. The summed E-state index contributed by atoms with van der Waals surface area (Å²) in [7, 11) is 0. The first-order valence-corrected chi connectivity index (χ1v) is 8.94. The van der Waals surface area contributed by atoms with Gasteiger partial charge in [-0.3, -0.25) is 14.4 Å². The zero-order valence-electron chi connectivity index (χ0n) is 13.5. The van der Waals surface area contributed by atoms with E-state index in [2.05, 4.69) is 5.32 Å². The zero-order valence-corrected chi connectivity index (χ0v) is 14.3. The third-order valence-corrected chi connectivity index (χ3v) is 4.89. The summed E-state index contributed by atoms with van der Waals surface area (Å²) in [6.45, 7) is 0.563. The number of carbonyl (C=O) groups excluding carboxylic acids is 2. The second-order valence-electron chi connectivity index (χ2n) is 5.83. The molecule has 1 aromatic carbocycles. The molecule has 0 bridgehead atoms. The minimum Gasteiger partial charge on any atom is -0.481 e. The van der Waals surface area contributed by atoms with E-state index in [1.165, 1.54) is 16.2 Å². The maximum atomic E-state index is 12.5. The number of carboxylic acid groups (broad SMARTS) is 1. The predicted octanol–water partition coefficient (Wildman–Crippen LogP) is 2.47. The molecule has 2 amide bonds. The van der Waals surface area contributed by atoms with Crippen molar-refractivity contribution in [1.82, 2.24) is 5.32 Å². The van der Waals surface area contributed by atoms with Crippen LogP contribution in [0.1, 0.15) is 34.7 Å². The number of hydrogen-bond acceptors (Lipinski definition) is 4. The van der Waals surface area contributed by atoms with Crippen LogP contribution in [0.5, 0.6) is 0 Å². The molecule has 0 saturated carbocycles. The van der Waals surface area contributed by atoms with Crippen LogP contribution in [0.2, 0.25) is 0 Å². The van der Waals surface area contributed by atoms with Crippen LogP contribution in [-0.2, 0) is 9.59 Å². The van der Waals surface area contributed by atoms with E-state index in [1.54, 1.807) is 35.7 Å². The molecule has 0 spiro atoms. The number of aliphatic carboxylic acids is 1. The number of nitrogens with one attached hydrogen (secondary N) is 1. The van der Waals surface area contributed by atoms with Crippen LogP contribution in [0, 0.1) is 0 Å². The van der Waals surface area contributed by atoms with Crippen molar-refractivity contribution in [2.75, 3.05) is 18.0 Å². The van der Waals surface area contributed by atoms with Gasteiger partial charge in [-0.15, -0.1) is 0 Å². The number of para-hydroxylation sites is 1. The Balaban J connectivity index is 1.54. The van der Waals surface area contributed by atoms with Gasteiger partial charge < -0.3 is 15.3 Å². The maximum absolute atomic E-state index is 12.5. The largest absolute Gasteiger partial charge is 0.481 e. The number of benzene rings is 1. The molecular formula is C18H18N2O4S. The van der Waals surface area contributed by atoms with Crippen LogP contribution in [0.3, 0.4) is 0 Å². The molecule has 0 radical (unpaired) electrons. The Hall–Kier alpha value is -2.67. The molecule has 130 valence electrons. The summed E-state index contributed by atoms with van der Waals surface area (Å²) in [6.07, 6.45) is 0.760. The van der Waals surface area contributed by atoms with Gasteiger partial charge in [0, 0.05) is 36.1 Å². The van der Waals surface area contributed by atoms with Crippen molar-refractivity contribution in [2.24, 2.45) is 0 Å². The Morgan fingerprint density at radius 3 is 2.76 bits per heavy atom. The van der Waals surface area contributed by atoms with E-state index in [-0.39, 0.29) is 24.8 Å². The monoisotopic (exact) mass is 358 g/mol. The van der Waals surface area contributed by atoms with Crippen LogP contribution in [0.15, 0.2) is 41.1 Å². The topological polar surface area (TPSA) is 86.7 Å². The van der Waals surface area contributed by atoms with Gasteiger partial charge in [0.25, 0.3) is 5.91 Å². The minimum absolute atomic E-state index is 0.124. The second kappa shape index (κ2) is 7.48. The summed E-state index contributed by atoms with van der Waals surface area (Å²) in [5.41, 5.74) is 1.96.